The van der Waals surface area contributed by atoms with Gasteiger partial charge in [0, 0.05) is 37.6 Å². The molecule has 0 bridgehead atoms. The first-order valence-corrected chi connectivity index (χ1v) is 9.84. The Morgan fingerprint density at radius 3 is 2.88 bits per heavy atom. The molecule has 26 heavy (non-hydrogen) atoms. The molecule has 2 heterocycles. The van der Waals surface area contributed by atoms with Crippen molar-refractivity contribution in [2.24, 2.45) is 5.92 Å². The van der Waals surface area contributed by atoms with Gasteiger partial charge in [-0.3, -0.25) is 9.88 Å². The van der Waals surface area contributed by atoms with Crippen molar-refractivity contribution in [1.29, 1.82) is 0 Å². The van der Waals surface area contributed by atoms with Crippen LogP contribution in [0.1, 0.15) is 54.9 Å². The van der Waals surface area contributed by atoms with Crippen molar-refractivity contribution < 1.29 is 9.84 Å². The van der Waals surface area contributed by atoms with Crippen molar-refractivity contribution in [2.75, 3.05) is 13.2 Å². The van der Waals surface area contributed by atoms with E-state index in [9.17, 15) is 5.11 Å². The molecule has 1 N–H and O–H groups in total. The van der Waals surface area contributed by atoms with Crippen molar-refractivity contribution in [1.82, 2.24) is 9.88 Å². The van der Waals surface area contributed by atoms with Gasteiger partial charge in [-0.1, -0.05) is 31.4 Å². The molecule has 4 rings (SSSR count). The van der Waals surface area contributed by atoms with Gasteiger partial charge in [0.05, 0.1) is 6.10 Å². The van der Waals surface area contributed by atoms with E-state index in [2.05, 4.69) is 28.1 Å². The van der Waals surface area contributed by atoms with E-state index in [0.717, 1.165) is 43.8 Å². The van der Waals surface area contributed by atoms with Crippen LogP contribution in [0, 0.1) is 5.92 Å². The molecule has 4 heteroatoms. The minimum atomic E-state index is -0.351. The molecule has 0 radical (unpaired) electrons. The topological polar surface area (TPSA) is 45.6 Å². The lowest BCUT2D eigenvalue weighted by atomic mass is 9.82. The van der Waals surface area contributed by atoms with Crippen LogP contribution in [0.2, 0.25) is 0 Å². The van der Waals surface area contributed by atoms with Gasteiger partial charge in [-0.25, -0.2) is 0 Å². The second kappa shape index (κ2) is 8.19. The Labute approximate surface area is 155 Å². The quantitative estimate of drug-likeness (QED) is 0.900. The predicted molar refractivity (Wildman–Crippen MR) is 102 cm³/mol. The number of hydrogen-bond acceptors (Lipinski definition) is 4. The number of benzene rings is 1. The number of pyridine rings is 1. The molecular weight excluding hydrogens is 324 g/mol. The van der Waals surface area contributed by atoms with Gasteiger partial charge in [0.1, 0.15) is 12.4 Å². The molecule has 1 saturated carbocycles. The number of fused-ring (bicyclic) bond motifs is 1. The number of rotatable bonds is 4. The van der Waals surface area contributed by atoms with Crippen molar-refractivity contribution in [3.8, 4) is 5.75 Å². The molecule has 2 aliphatic rings. The summed E-state index contributed by atoms with van der Waals surface area (Å²) in [6.45, 7) is 3.30. The molecule has 2 aromatic rings. The molecule has 1 aliphatic heterocycles. The van der Waals surface area contributed by atoms with Gasteiger partial charge in [0.15, 0.2) is 0 Å². The Morgan fingerprint density at radius 2 is 2.08 bits per heavy atom. The molecule has 138 valence electrons. The van der Waals surface area contributed by atoms with Crippen molar-refractivity contribution in [2.45, 2.75) is 51.3 Å². The Hall–Kier alpha value is -1.91. The molecule has 0 unspecified atom stereocenters. The van der Waals surface area contributed by atoms with Crippen molar-refractivity contribution in [3.05, 3.63) is 59.4 Å². The smallest absolute Gasteiger partial charge is 0.123 e. The van der Waals surface area contributed by atoms with Crippen LogP contribution >= 0.6 is 0 Å². The molecule has 1 aliphatic carbocycles. The van der Waals surface area contributed by atoms with Crippen LogP contribution in [-0.4, -0.2) is 28.1 Å². The zero-order valence-electron chi connectivity index (χ0n) is 15.3. The first kappa shape index (κ1) is 17.5. The molecule has 4 nitrogen and oxygen atoms in total. The fraction of sp³-hybridized carbons (Fsp3) is 0.500. The van der Waals surface area contributed by atoms with Gasteiger partial charge < -0.3 is 9.84 Å². The number of ether oxygens (including phenoxy) is 1. The van der Waals surface area contributed by atoms with Gasteiger partial charge in [-0.2, -0.15) is 0 Å². The van der Waals surface area contributed by atoms with Gasteiger partial charge in [-0.15, -0.1) is 0 Å². The second-order valence-electron chi connectivity index (χ2n) is 7.63. The maximum Gasteiger partial charge on any atom is 0.123 e. The van der Waals surface area contributed by atoms with E-state index in [1.807, 2.05) is 24.5 Å². The Balaban J connectivity index is 1.50. The van der Waals surface area contributed by atoms with E-state index >= 15 is 0 Å². The zero-order valence-corrected chi connectivity index (χ0v) is 15.3. The third kappa shape index (κ3) is 4.08. The summed E-state index contributed by atoms with van der Waals surface area (Å²) in [7, 11) is 0. The third-order valence-electron chi connectivity index (χ3n) is 5.71. The maximum absolute atomic E-state index is 10.9. The predicted octanol–water partition coefficient (Wildman–Crippen LogP) is 4.09. The first-order chi connectivity index (χ1) is 12.8. The highest BCUT2D eigenvalue weighted by Crippen LogP contribution is 2.36. The van der Waals surface area contributed by atoms with Gasteiger partial charge in [0.25, 0.3) is 0 Å². The van der Waals surface area contributed by atoms with E-state index in [1.54, 1.807) is 0 Å². The van der Waals surface area contributed by atoms with E-state index in [1.165, 1.54) is 30.4 Å². The van der Waals surface area contributed by atoms with Gasteiger partial charge >= 0.3 is 0 Å². The summed E-state index contributed by atoms with van der Waals surface area (Å²) in [5.74, 6) is 1.36. The van der Waals surface area contributed by atoms with Crippen LogP contribution in [0.5, 0.6) is 5.75 Å². The number of hydrogen-bond donors (Lipinski definition) is 1. The molecule has 0 amide bonds. The van der Waals surface area contributed by atoms with Crippen LogP contribution in [0.4, 0.5) is 0 Å². The van der Waals surface area contributed by atoms with E-state index in [-0.39, 0.29) is 6.10 Å². The van der Waals surface area contributed by atoms with Crippen LogP contribution in [0.15, 0.2) is 42.7 Å². The third-order valence-corrected chi connectivity index (χ3v) is 5.71. The van der Waals surface area contributed by atoms with Crippen LogP contribution in [0.25, 0.3) is 0 Å². The SMILES string of the molecule is O[C@H](c1ccc2c(c1)CN(Cc1cccnc1)CCO2)C1CCCCC1. The van der Waals surface area contributed by atoms with E-state index < -0.39 is 0 Å². The van der Waals surface area contributed by atoms with Gasteiger partial charge in [-0.05, 0) is 48.1 Å². The van der Waals surface area contributed by atoms with Crippen molar-refractivity contribution in [3.63, 3.8) is 0 Å². The lowest BCUT2D eigenvalue weighted by Crippen LogP contribution is -2.25. The summed E-state index contributed by atoms with van der Waals surface area (Å²) < 4.78 is 5.96. The number of aliphatic hydroxyl groups is 1. The standard InChI is InChI=1S/C22H28N2O2/c25-22(18-6-2-1-3-7-18)19-8-9-21-20(13-19)16-24(11-12-26-21)15-17-5-4-10-23-14-17/h4-5,8-10,13-14,18,22,25H,1-3,6-7,11-12,15-16H2/t22-/m0/s1. The Bertz CT molecular complexity index is 713. The summed E-state index contributed by atoms with van der Waals surface area (Å²) in [6.07, 6.45) is 9.47. The summed E-state index contributed by atoms with van der Waals surface area (Å²) in [6, 6.07) is 10.4. The molecule has 1 aromatic heterocycles. The van der Waals surface area contributed by atoms with Gasteiger partial charge in [0.2, 0.25) is 0 Å². The number of aromatic nitrogens is 1. The summed E-state index contributed by atoms with van der Waals surface area (Å²) in [4.78, 5) is 6.60. The van der Waals surface area contributed by atoms with E-state index in [4.69, 9.17) is 4.74 Å². The van der Waals surface area contributed by atoms with Crippen molar-refractivity contribution >= 4 is 0 Å². The molecule has 1 fully saturated rings. The lowest BCUT2D eigenvalue weighted by molar-refractivity contribution is 0.0847. The molecule has 0 spiro atoms. The largest absolute Gasteiger partial charge is 0.492 e. The highest BCUT2D eigenvalue weighted by atomic mass is 16.5. The fourth-order valence-corrected chi connectivity index (χ4v) is 4.26. The first-order valence-electron chi connectivity index (χ1n) is 9.84. The zero-order chi connectivity index (χ0) is 17.8. The van der Waals surface area contributed by atoms with Crippen LogP contribution in [0.3, 0.4) is 0 Å². The Kier molecular flexibility index (Phi) is 5.51. The second-order valence-corrected chi connectivity index (χ2v) is 7.63. The average Bonchev–Trinajstić information content (AvgIpc) is 2.90. The number of nitrogens with zero attached hydrogens (tertiary/aromatic N) is 2. The number of aliphatic hydroxyl groups excluding tert-OH is 1. The molecule has 1 aromatic carbocycles. The molecule has 1 atom stereocenters. The minimum Gasteiger partial charge on any atom is -0.492 e. The fourth-order valence-electron chi connectivity index (χ4n) is 4.26. The maximum atomic E-state index is 10.9. The minimum absolute atomic E-state index is 0.351. The monoisotopic (exact) mass is 352 g/mol. The molecule has 0 saturated heterocycles. The summed E-state index contributed by atoms with van der Waals surface area (Å²) >= 11 is 0. The average molecular weight is 352 g/mol. The normalized spacial score (nSPS) is 20.0. The summed E-state index contributed by atoms with van der Waals surface area (Å²) in [5, 5.41) is 10.9. The summed E-state index contributed by atoms with van der Waals surface area (Å²) in [5.41, 5.74) is 3.44. The van der Waals surface area contributed by atoms with Crippen LogP contribution in [-0.2, 0) is 13.1 Å². The lowest BCUT2D eigenvalue weighted by Gasteiger charge is -2.27. The highest BCUT2D eigenvalue weighted by Gasteiger charge is 2.24. The Morgan fingerprint density at radius 1 is 1.19 bits per heavy atom. The molecular formula is C22H28N2O2. The van der Waals surface area contributed by atoms with E-state index in [0.29, 0.717) is 12.5 Å². The highest BCUT2D eigenvalue weighted by molar-refractivity contribution is 5.39. The van der Waals surface area contributed by atoms with Crippen LogP contribution < -0.4 is 4.74 Å².